The highest BCUT2D eigenvalue weighted by Gasteiger charge is 2.34. The second-order valence-corrected chi connectivity index (χ2v) is 8.47. The summed E-state index contributed by atoms with van der Waals surface area (Å²) >= 11 is 0. The van der Waals surface area contributed by atoms with Gasteiger partial charge in [-0.3, -0.25) is 4.79 Å². The number of nitrogens with zero attached hydrogens (tertiary/aromatic N) is 6. The van der Waals surface area contributed by atoms with Crippen molar-refractivity contribution in [2.45, 2.75) is 13.0 Å². The number of hydrogen-bond acceptors (Lipinski definition) is 5. The van der Waals surface area contributed by atoms with Gasteiger partial charge in [0.05, 0.1) is 6.33 Å². The maximum absolute atomic E-state index is 12.7. The molecule has 0 aliphatic carbocycles. The molecular formula is C15H26N6O3S. The summed E-state index contributed by atoms with van der Waals surface area (Å²) in [6.45, 7) is 4.81. The van der Waals surface area contributed by atoms with Gasteiger partial charge in [0.2, 0.25) is 5.91 Å². The van der Waals surface area contributed by atoms with E-state index in [2.05, 4.69) is 9.88 Å². The molecule has 0 atom stereocenters. The Kier molecular flexibility index (Phi) is 5.72. The van der Waals surface area contributed by atoms with Crippen LogP contribution in [0.3, 0.4) is 0 Å². The zero-order chi connectivity index (χ0) is 17.9. The van der Waals surface area contributed by atoms with Crippen molar-refractivity contribution >= 4 is 16.1 Å². The van der Waals surface area contributed by atoms with E-state index in [1.807, 2.05) is 17.8 Å². The normalized spacial score (nSPS) is 21.6. The zero-order valence-electron chi connectivity index (χ0n) is 14.6. The first-order valence-electron chi connectivity index (χ1n) is 8.64. The second-order valence-electron chi connectivity index (χ2n) is 6.54. The van der Waals surface area contributed by atoms with Crippen LogP contribution in [-0.2, 0) is 21.5 Å². The molecule has 25 heavy (non-hydrogen) atoms. The van der Waals surface area contributed by atoms with Gasteiger partial charge < -0.3 is 14.4 Å². The first kappa shape index (κ1) is 18.3. The van der Waals surface area contributed by atoms with Gasteiger partial charge in [0.15, 0.2) is 0 Å². The van der Waals surface area contributed by atoms with Gasteiger partial charge in [0.1, 0.15) is 0 Å². The SMILES string of the molecule is CN1CCN(S(=O)(=O)N2CCN(C(=O)CCn3ccnc3)CC2)CC1. The topological polar surface area (TPSA) is 82.0 Å². The molecule has 2 aliphatic heterocycles. The van der Waals surface area contributed by atoms with Crippen molar-refractivity contribution in [2.24, 2.45) is 0 Å². The standard InChI is InChI=1S/C15H26N6O3S/c1-17-6-10-20(11-7-17)25(23,24)21-12-8-19(9-13-21)15(22)2-4-18-5-3-16-14-18/h3,5,14H,2,4,6-13H2,1H3. The molecule has 3 rings (SSSR count). The highest BCUT2D eigenvalue weighted by molar-refractivity contribution is 7.86. The summed E-state index contributed by atoms with van der Waals surface area (Å²) in [5.74, 6) is 0.0605. The smallest absolute Gasteiger partial charge is 0.282 e. The number of carbonyl (C=O) groups is 1. The summed E-state index contributed by atoms with van der Waals surface area (Å²) in [7, 11) is -1.42. The highest BCUT2D eigenvalue weighted by Crippen LogP contribution is 2.15. The van der Waals surface area contributed by atoms with Crippen molar-refractivity contribution in [1.29, 1.82) is 0 Å². The van der Waals surface area contributed by atoms with E-state index in [9.17, 15) is 13.2 Å². The number of rotatable bonds is 5. The number of likely N-dealkylation sites (N-methyl/N-ethyl adjacent to an activating group) is 1. The van der Waals surface area contributed by atoms with Crippen molar-refractivity contribution in [3.8, 4) is 0 Å². The van der Waals surface area contributed by atoms with Gasteiger partial charge in [-0.2, -0.15) is 17.0 Å². The van der Waals surface area contributed by atoms with E-state index >= 15 is 0 Å². The van der Waals surface area contributed by atoms with Gasteiger partial charge in [0.25, 0.3) is 10.2 Å². The minimum atomic E-state index is -3.42. The Balaban J connectivity index is 1.48. The van der Waals surface area contributed by atoms with Gasteiger partial charge in [-0.1, -0.05) is 0 Å². The third kappa shape index (κ3) is 4.38. The van der Waals surface area contributed by atoms with Crippen LogP contribution < -0.4 is 0 Å². The molecule has 2 aliphatic rings. The van der Waals surface area contributed by atoms with E-state index < -0.39 is 10.2 Å². The number of imidazole rings is 1. The summed E-state index contributed by atoms with van der Waals surface area (Å²) in [5, 5.41) is 0. The fraction of sp³-hybridized carbons (Fsp3) is 0.733. The molecule has 0 radical (unpaired) electrons. The number of carbonyl (C=O) groups excluding carboxylic acids is 1. The quantitative estimate of drug-likeness (QED) is 0.658. The average molecular weight is 370 g/mol. The van der Waals surface area contributed by atoms with Crippen LogP contribution >= 0.6 is 0 Å². The predicted octanol–water partition coefficient (Wildman–Crippen LogP) is -1.09. The van der Waals surface area contributed by atoms with E-state index in [1.165, 1.54) is 4.31 Å². The number of aromatic nitrogens is 2. The Bertz CT molecular complexity index is 661. The van der Waals surface area contributed by atoms with Gasteiger partial charge in [-0.15, -0.1) is 0 Å². The number of piperazine rings is 2. The molecular weight excluding hydrogens is 344 g/mol. The zero-order valence-corrected chi connectivity index (χ0v) is 15.4. The van der Waals surface area contributed by atoms with Crippen LogP contribution in [0, 0.1) is 0 Å². The minimum Gasteiger partial charge on any atom is -0.340 e. The van der Waals surface area contributed by atoms with E-state index in [-0.39, 0.29) is 5.91 Å². The van der Waals surface area contributed by atoms with Gasteiger partial charge in [0, 0.05) is 77.7 Å². The number of hydrogen-bond donors (Lipinski definition) is 0. The molecule has 0 unspecified atom stereocenters. The summed E-state index contributed by atoms with van der Waals surface area (Å²) in [5.41, 5.74) is 0. The van der Waals surface area contributed by atoms with E-state index in [0.29, 0.717) is 52.2 Å². The van der Waals surface area contributed by atoms with E-state index in [4.69, 9.17) is 0 Å². The fourth-order valence-corrected chi connectivity index (χ4v) is 4.73. The van der Waals surface area contributed by atoms with Crippen LogP contribution in [0.2, 0.25) is 0 Å². The number of aryl methyl sites for hydroxylation is 1. The third-order valence-electron chi connectivity index (χ3n) is 4.85. The summed E-state index contributed by atoms with van der Waals surface area (Å²) in [4.78, 5) is 20.1. The molecule has 3 heterocycles. The molecule has 2 saturated heterocycles. The maximum Gasteiger partial charge on any atom is 0.282 e. The lowest BCUT2D eigenvalue weighted by molar-refractivity contribution is -0.132. The van der Waals surface area contributed by atoms with Crippen molar-refractivity contribution in [2.75, 3.05) is 59.4 Å². The molecule has 0 bridgehead atoms. The fourth-order valence-electron chi connectivity index (χ4n) is 3.15. The Morgan fingerprint density at radius 1 is 1.00 bits per heavy atom. The van der Waals surface area contributed by atoms with E-state index in [1.54, 1.807) is 21.7 Å². The molecule has 0 aromatic carbocycles. The molecule has 1 aromatic rings. The Morgan fingerprint density at radius 3 is 2.16 bits per heavy atom. The van der Waals surface area contributed by atoms with Crippen molar-refractivity contribution in [3.05, 3.63) is 18.7 Å². The minimum absolute atomic E-state index is 0.0605. The van der Waals surface area contributed by atoms with Crippen molar-refractivity contribution < 1.29 is 13.2 Å². The van der Waals surface area contributed by atoms with Gasteiger partial charge >= 0.3 is 0 Å². The van der Waals surface area contributed by atoms with Crippen LogP contribution in [0.25, 0.3) is 0 Å². The Morgan fingerprint density at radius 2 is 1.60 bits per heavy atom. The molecule has 0 saturated carbocycles. The predicted molar refractivity (Wildman–Crippen MR) is 93.0 cm³/mol. The van der Waals surface area contributed by atoms with Crippen LogP contribution in [-0.4, -0.2) is 102 Å². The summed E-state index contributed by atoms with van der Waals surface area (Å²) in [6.07, 6.45) is 5.61. The third-order valence-corrected chi connectivity index (χ3v) is 6.88. The monoisotopic (exact) mass is 370 g/mol. The molecule has 2 fully saturated rings. The molecule has 9 nitrogen and oxygen atoms in total. The lowest BCUT2D eigenvalue weighted by atomic mass is 10.3. The highest BCUT2D eigenvalue weighted by atomic mass is 32.2. The van der Waals surface area contributed by atoms with Crippen LogP contribution in [0.1, 0.15) is 6.42 Å². The summed E-state index contributed by atoms with van der Waals surface area (Å²) in [6, 6.07) is 0. The van der Waals surface area contributed by atoms with Gasteiger partial charge in [-0.05, 0) is 7.05 Å². The molecule has 0 spiro atoms. The van der Waals surface area contributed by atoms with Crippen LogP contribution in [0.4, 0.5) is 0 Å². The average Bonchev–Trinajstić information content (AvgIpc) is 3.14. The van der Waals surface area contributed by atoms with Crippen LogP contribution in [0.15, 0.2) is 18.7 Å². The lowest BCUT2D eigenvalue weighted by Gasteiger charge is -2.39. The Hall–Kier alpha value is -1.49. The molecule has 0 N–H and O–H groups in total. The Labute approximate surface area is 149 Å². The second kappa shape index (κ2) is 7.81. The first-order valence-corrected chi connectivity index (χ1v) is 10.0. The first-order chi connectivity index (χ1) is 12.0. The molecule has 1 amide bonds. The van der Waals surface area contributed by atoms with Crippen molar-refractivity contribution in [3.63, 3.8) is 0 Å². The molecule has 10 heteroatoms. The summed E-state index contributed by atoms with van der Waals surface area (Å²) < 4.78 is 30.4. The van der Waals surface area contributed by atoms with E-state index in [0.717, 1.165) is 13.1 Å². The molecule has 1 aromatic heterocycles. The largest absolute Gasteiger partial charge is 0.340 e. The van der Waals surface area contributed by atoms with Crippen molar-refractivity contribution in [1.82, 2.24) is 28.0 Å². The lowest BCUT2D eigenvalue weighted by Crippen LogP contribution is -2.57. The maximum atomic E-state index is 12.7. The number of amides is 1. The van der Waals surface area contributed by atoms with Gasteiger partial charge in [-0.25, -0.2) is 4.98 Å². The van der Waals surface area contributed by atoms with Crippen LogP contribution in [0.5, 0.6) is 0 Å². The molecule has 140 valence electrons.